The first-order valence-corrected chi connectivity index (χ1v) is 10.7. The van der Waals surface area contributed by atoms with E-state index in [1.807, 2.05) is 12.1 Å². The van der Waals surface area contributed by atoms with Crippen LogP contribution in [0.15, 0.2) is 48.5 Å². The fraction of sp³-hybridized carbons (Fsp3) is 0.520. The fourth-order valence-corrected chi connectivity index (χ4v) is 4.86. The van der Waals surface area contributed by atoms with Crippen LogP contribution in [0.3, 0.4) is 0 Å². The highest BCUT2D eigenvalue weighted by molar-refractivity contribution is 6.30. The van der Waals surface area contributed by atoms with Crippen molar-refractivity contribution in [2.24, 2.45) is 11.3 Å². The molecule has 27 heavy (non-hydrogen) atoms. The zero-order valence-electron chi connectivity index (χ0n) is 17.5. The van der Waals surface area contributed by atoms with E-state index in [4.69, 9.17) is 11.6 Å². The molecule has 1 nitrogen and oxygen atoms in total. The second-order valence-electron chi connectivity index (χ2n) is 9.51. The van der Waals surface area contributed by atoms with Crippen molar-refractivity contribution in [1.29, 1.82) is 0 Å². The number of rotatable bonds is 4. The van der Waals surface area contributed by atoms with Crippen molar-refractivity contribution in [3.63, 3.8) is 0 Å². The third-order valence-electron chi connectivity index (χ3n) is 6.15. The molecule has 0 aliphatic carbocycles. The van der Waals surface area contributed by atoms with E-state index in [1.54, 1.807) is 5.56 Å². The maximum Gasteiger partial charge on any atom is 0.0406 e. The third kappa shape index (κ3) is 4.95. The largest absolute Gasteiger partial charge is 0.298 e. The second-order valence-corrected chi connectivity index (χ2v) is 9.95. The van der Waals surface area contributed by atoms with E-state index < -0.39 is 0 Å². The highest BCUT2D eigenvalue weighted by atomic mass is 35.5. The summed E-state index contributed by atoms with van der Waals surface area (Å²) in [6.07, 6.45) is 1.26. The summed E-state index contributed by atoms with van der Waals surface area (Å²) >= 11 is 6.06. The lowest BCUT2D eigenvalue weighted by molar-refractivity contribution is 0.0827. The normalized spacial score (nSPS) is 21.6. The summed E-state index contributed by atoms with van der Waals surface area (Å²) in [6.45, 7) is 15.2. The van der Waals surface area contributed by atoms with Crippen molar-refractivity contribution in [3.05, 3.63) is 70.2 Å². The molecule has 1 aliphatic heterocycles. The lowest BCUT2D eigenvalue weighted by Gasteiger charge is -2.45. The topological polar surface area (TPSA) is 3.24 Å². The van der Waals surface area contributed by atoms with Gasteiger partial charge in [0.05, 0.1) is 0 Å². The number of likely N-dealkylation sites (tertiary alicyclic amines) is 1. The predicted molar refractivity (Wildman–Crippen MR) is 118 cm³/mol. The van der Waals surface area contributed by atoms with Crippen molar-refractivity contribution in [2.75, 3.05) is 13.1 Å². The molecular weight excluding hydrogens is 350 g/mol. The third-order valence-corrected chi connectivity index (χ3v) is 6.40. The lowest BCUT2D eigenvalue weighted by Crippen LogP contribution is -2.43. The number of halogens is 1. The molecule has 0 saturated carbocycles. The summed E-state index contributed by atoms with van der Waals surface area (Å²) in [6, 6.07) is 17.5. The fourth-order valence-electron chi connectivity index (χ4n) is 4.74. The van der Waals surface area contributed by atoms with Crippen LogP contribution >= 0.6 is 11.6 Å². The van der Waals surface area contributed by atoms with E-state index in [2.05, 4.69) is 75.9 Å². The molecule has 0 aromatic heterocycles. The van der Waals surface area contributed by atoms with Gasteiger partial charge in [0.2, 0.25) is 0 Å². The number of hydrogen-bond donors (Lipinski definition) is 0. The van der Waals surface area contributed by atoms with Crippen LogP contribution in [-0.2, 0) is 6.54 Å². The molecule has 1 saturated heterocycles. The number of piperidine rings is 1. The Bertz CT molecular complexity index is 742. The van der Waals surface area contributed by atoms with Gasteiger partial charge in [0.1, 0.15) is 0 Å². The van der Waals surface area contributed by atoms with Crippen LogP contribution in [0.2, 0.25) is 5.02 Å². The first kappa shape index (κ1) is 20.4. The van der Waals surface area contributed by atoms with Gasteiger partial charge in [0.25, 0.3) is 0 Å². The minimum Gasteiger partial charge on any atom is -0.298 e. The molecule has 0 amide bonds. The van der Waals surface area contributed by atoms with E-state index in [9.17, 15) is 0 Å². The molecule has 0 spiro atoms. The molecular formula is C25H34ClN. The first-order valence-electron chi connectivity index (χ1n) is 10.3. The van der Waals surface area contributed by atoms with E-state index in [0.717, 1.165) is 18.1 Å². The molecule has 2 atom stereocenters. The Kier molecular flexibility index (Phi) is 6.33. The molecule has 1 fully saturated rings. The summed E-state index contributed by atoms with van der Waals surface area (Å²) in [5.41, 5.74) is 4.75. The van der Waals surface area contributed by atoms with Crippen molar-refractivity contribution in [2.45, 2.75) is 59.4 Å². The SMILES string of the molecule is CC(C)c1ccccc1C1CN(Cc2ccc(Cl)cc2)CCC1C(C)(C)C. The van der Waals surface area contributed by atoms with E-state index in [0.29, 0.717) is 23.2 Å². The quantitative estimate of drug-likeness (QED) is 0.543. The van der Waals surface area contributed by atoms with Gasteiger partial charge >= 0.3 is 0 Å². The molecule has 2 aromatic carbocycles. The van der Waals surface area contributed by atoms with Crippen LogP contribution in [0.25, 0.3) is 0 Å². The highest BCUT2D eigenvalue weighted by Crippen LogP contribution is 2.45. The number of hydrogen-bond acceptors (Lipinski definition) is 1. The summed E-state index contributed by atoms with van der Waals surface area (Å²) < 4.78 is 0. The molecule has 0 bridgehead atoms. The van der Waals surface area contributed by atoms with E-state index in [-0.39, 0.29) is 0 Å². The summed E-state index contributed by atoms with van der Waals surface area (Å²) in [7, 11) is 0. The average molecular weight is 384 g/mol. The van der Waals surface area contributed by atoms with Crippen molar-refractivity contribution >= 4 is 11.6 Å². The molecule has 2 unspecified atom stereocenters. The number of benzene rings is 2. The molecule has 3 rings (SSSR count). The predicted octanol–water partition coefficient (Wildman–Crippen LogP) is 7.12. The van der Waals surface area contributed by atoms with Crippen molar-refractivity contribution in [3.8, 4) is 0 Å². The average Bonchev–Trinajstić information content (AvgIpc) is 2.62. The minimum absolute atomic E-state index is 0.321. The summed E-state index contributed by atoms with van der Waals surface area (Å²) in [4.78, 5) is 2.63. The first-order chi connectivity index (χ1) is 12.8. The van der Waals surface area contributed by atoms with Gasteiger partial charge in [-0.2, -0.15) is 0 Å². The van der Waals surface area contributed by atoms with Crippen molar-refractivity contribution in [1.82, 2.24) is 4.90 Å². The molecule has 0 radical (unpaired) electrons. The zero-order chi connectivity index (χ0) is 19.6. The van der Waals surface area contributed by atoms with Crippen LogP contribution in [-0.4, -0.2) is 18.0 Å². The summed E-state index contributed by atoms with van der Waals surface area (Å²) in [5.74, 6) is 1.86. The Morgan fingerprint density at radius 2 is 1.70 bits per heavy atom. The lowest BCUT2D eigenvalue weighted by atomic mass is 9.66. The van der Waals surface area contributed by atoms with Crippen LogP contribution in [0.1, 0.15) is 69.6 Å². The van der Waals surface area contributed by atoms with Crippen molar-refractivity contribution < 1.29 is 0 Å². The molecule has 146 valence electrons. The Hall–Kier alpha value is -1.31. The maximum absolute atomic E-state index is 6.06. The maximum atomic E-state index is 6.06. The van der Waals surface area contributed by atoms with E-state index >= 15 is 0 Å². The van der Waals surface area contributed by atoms with Crippen LogP contribution < -0.4 is 0 Å². The van der Waals surface area contributed by atoms with Gasteiger partial charge in [0, 0.05) is 24.0 Å². The van der Waals surface area contributed by atoms with Crippen LogP contribution in [0.4, 0.5) is 0 Å². The molecule has 2 heteroatoms. The monoisotopic (exact) mass is 383 g/mol. The molecule has 2 aromatic rings. The number of nitrogens with zero attached hydrogens (tertiary/aromatic N) is 1. The highest BCUT2D eigenvalue weighted by Gasteiger charge is 2.38. The van der Waals surface area contributed by atoms with Gasteiger partial charge in [-0.1, -0.05) is 82.6 Å². The molecule has 0 N–H and O–H groups in total. The van der Waals surface area contributed by atoms with E-state index in [1.165, 1.54) is 24.1 Å². The Morgan fingerprint density at radius 3 is 2.33 bits per heavy atom. The van der Waals surface area contributed by atoms with Gasteiger partial charge in [-0.25, -0.2) is 0 Å². The minimum atomic E-state index is 0.321. The van der Waals surface area contributed by atoms with Crippen LogP contribution in [0.5, 0.6) is 0 Å². The van der Waals surface area contributed by atoms with Crippen LogP contribution in [0, 0.1) is 11.3 Å². The smallest absolute Gasteiger partial charge is 0.0406 e. The Labute approximate surface area is 170 Å². The van der Waals surface area contributed by atoms with Gasteiger partial charge in [-0.05, 0) is 59.0 Å². The molecule has 1 heterocycles. The standard InChI is InChI=1S/C25H34ClN/c1-18(2)21-8-6-7-9-22(21)23-17-27(15-14-24(23)25(3,4)5)16-19-10-12-20(26)13-11-19/h6-13,18,23-24H,14-17H2,1-5H3. The second kappa shape index (κ2) is 8.37. The summed E-state index contributed by atoms with van der Waals surface area (Å²) in [5, 5.41) is 0.814. The zero-order valence-corrected chi connectivity index (χ0v) is 18.3. The molecule has 1 aliphatic rings. The Morgan fingerprint density at radius 1 is 1.04 bits per heavy atom. The Balaban J connectivity index is 1.88. The van der Waals surface area contributed by atoms with Gasteiger partial charge < -0.3 is 0 Å². The van der Waals surface area contributed by atoms with Gasteiger partial charge in [0.15, 0.2) is 0 Å². The van der Waals surface area contributed by atoms with Gasteiger partial charge in [-0.15, -0.1) is 0 Å². The van der Waals surface area contributed by atoms with Gasteiger partial charge in [-0.3, -0.25) is 4.90 Å².